The molecule has 5 rings (SSSR count). The molecule has 8 nitrogen and oxygen atoms in total. The molecular weight excluding hydrogens is 570 g/mol. The van der Waals surface area contributed by atoms with E-state index in [1.54, 1.807) is 13.2 Å². The van der Waals surface area contributed by atoms with E-state index in [1.807, 2.05) is 25.2 Å². The molecule has 3 fully saturated rings. The minimum Gasteiger partial charge on any atom is -0.459 e. The van der Waals surface area contributed by atoms with Crippen LogP contribution in [0, 0.1) is 17.8 Å². The van der Waals surface area contributed by atoms with Gasteiger partial charge >= 0.3 is 5.97 Å². The minimum absolute atomic E-state index is 0.0151. The number of oxime groups is 1. The molecule has 8 atom stereocenters. The van der Waals surface area contributed by atoms with Crippen LogP contribution in [0.2, 0.25) is 0 Å². The quantitative estimate of drug-likeness (QED) is 0.213. The van der Waals surface area contributed by atoms with Gasteiger partial charge in [0.1, 0.15) is 24.9 Å². The maximum atomic E-state index is 14.1. The fourth-order valence-electron chi connectivity index (χ4n) is 7.54. The molecule has 0 unspecified atom stereocenters. The molecule has 0 aromatic carbocycles. The zero-order valence-corrected chi connectivity index (χ0v) is 28.2. The Labute approximate surface area is 268 Å². The molecule has 4 heterocycles. The average molecular weight is 622 g/mol. The van der Waals surface area contributed by atoms with Crippen molar-refractivity contribution in [3.8, 4) is 0 Å². The number of rotatable bonds is 3. The van der Waals surface area contributed by atoms with Crippen LogP contribution in [0.15, 0.2) is 75.6 Å². The van der Waals surface area contributed by atoms with E-state index in [2.05, 4.69) is 64.9 Å². The first-order valence-electron chi connectivity index (χ1n) is 16.5. The van der Waals surface area contributed by atoms with E-state index in [0.717, 1.165) is 23.3 Å². The molecule has 0 aromatic rings. The van der Waals surface area contributed by atoms with E-state index in [0.29, 0.717) is 37.2 Å². The lowest BCUT2D eigenvalue weighted by atomic mass is 9.78. The normalized spacial score (nSPS) is 38.8. The zero-order valence-electron chi connectivity index (χ0n) is 28.2. The Bertz CT molecular complexity index is 1370. The third-order valence-corrected chi connectivity index (χ3v) is 9.59. The average Bonchev–Trinajstić information content (AvgIpc) is 3.28. The van der Waals surface area contributed by atoms with Gasteiger partial charge in [0.15, 0.2) is 5.79 Å². The predicted octanol–water partition coefficient (Wildman–Crippen LogP) is 6.68. The maximum Gasteiger partial charge on any atom is 0.337 e. The lowest BCUT2D eigenvalue weighted by Crippen LogP contribution is -2.57. The second-order valence-electron chi connectivity index (χ2n) is 14.1. The summed E-state index contributed by atoms with van der Waals surface area (Å²) < 4.78 is 26.1. The van der Waals surface area contributed by atoms with Gasteiger partial charge in [0.25, 0.3) is 0 Å². The van der Waals surface area contributed by atoms with Crippen molar-refractivity contribution in [2.45, 2.75) is 116 Å². The summed E-state index contributed by atoms with van der Waals surface area (Å²) in [5.41, 5.74) is 3.32. The molecule has 1 spiro atoms. The zero-order chi connectivity index (χ0) is 32.5. The Morgan fingerprint density at radius 3 is 2.71 bits per heavy atom. The largest absolute Gasteiger partial charge is 0.459 e. The van der Waals surface area contributed by atoms with E-state index in [9.17, 15) is 9.90 Å². The summed E-state index contributed by atoms with van der Waals surface area (Å²) in [5, 5.41) is 16.5. The number of fused-ring (bicyclic) bond motifs is 2. The molecule has 1 N–H and O–H groups in total. The highest BCUT2D eigenvalue weighted by Crippen LogP contribution is 2.46. The number of esters is 1. The van der Waals surface area contributed by atoms with Gasteiger partial charge in [-0.05, 0) is 68.7 Å². The van der Waals surface area contributed by atoms with Crippen molar-refractivity contribution in [2.75, 3.05) is 13.7 Å². The fourth-order valence-corrected chi connectivity index (χ4v) is 7.54. The Balaban J connectivity index is 1.55. The molecule has 0 aromatic heterocycles. The SMILES string of the molecule is CO/N=C1\C[C@]2(C[C@@H]3C[C@@H](CC=C(C)C[C@@H](C)C=CC=C4CO[C@@H]5C=C(C)C=C(C(=O)O3)[C@]45O)O2)O[C@H](/C(C)=C/C(C)C)[C@H]1C. The summed E-state index contributed by atoms with van der Waals surface area (Å²) in [6, 6.07) is 0. The Morgan fingerprint density at radius 1 is 1.20 bits per heavy atom. The summed E-state index contributed by atoms with van der Waals surface area (Å²) in [5.74, 6) is -0.993. The van der Waals surface area contributed by atoms with Crippen molar-refractivity contribution < 1.29 is 33.7 Å². The highest BCUT2D eigenvalue weighted by atomic mass is 16.7. The number of carbonyl (C=O) groups is 1. The first kappa shape index (κ1) is 33.6. The second kappa shape index (κ2) is 13.5. The highest BCUT2D eigenvalue weighted by molar-refractivity contribution is 5.94. The first-order chi connectivity index (χ1) is 21.3. The number of hydrogen-bond acceptors (Lipinski definition) is 8. The third kappa shape index (κ3) is 7.14. The summed E-state index contributed by atoms with van der Waals surface area (Å²) in [4.78, 5) is 19.4. The first-order valence-corrected chi connectivity index (χ1v) is 16.5. The van der Waals surface area contributed by atoms with Crippen LogP contribution in [0.5, 0.6) is 0 Å². The van der Waals surface area contributed by atoms with Crippen LogP contribution < -0.4 is 0 Å². The smallest absolute Gasteiger partial charge is 0.337 e. The molecular formula is C37H51NO7. The maximum absolute atomic E-state index is 14.1. The van der Waals surface area contributed by atoms with Crippen LogP contribution in [0.25, 0.3) is 0 Å². The number of aliphatic hydroxyl groups is 1. The molecule has 3 saturated heterocycles. The lowest BCUT2D eigenvalue weighted by Gasteiger charge is -2.50. The summed E-state index contributed by atoms with van der Waals surface area (Å²) >= 11 is 0. The molecule has 246 valence electrons. The highest BCUT2D eigenvalue weighted by Gasteiger charge is 2.55. The van der Waals surface area contributed by atoms with Gasteiger partial charge in [0.05, 0.1) is 30.1 Å². The molecule has 45 heavy (non-hydrogen) atoms. The lowest BCUT2D eigenvalue weighted by molar-refractivity contribution is -0.313. The van der Waals surface area contributed by atoms with Crippen LogP contribution in [0.4, 0.5) is 0 Å². The summed E-state index contributed by atoms with van der Waals surface area (Å²) in [6.45, 7) is 14.9. The molecule has 1 aliphatic carbocycles. The topological polar surface area (TPSA) is 95.8 Å². The number of hydrogen-bond donors (Lipinski definition) is 1. The molecule has 8 heteroatoms. The third-order valence-electron chi connectivity index (χ3n) is 9.59. The van der Waals surface area contributed by atoms with Crippen LogP contribution in [-0.2, 0) is 28.6 Å². The minimum atomic E-state index is -1.60. The van der Waals surface area contributed by atoms with E-state index in [1.165, 1.54) is 5.57 Å². The van der Waals surface area contributed by atoms with Crippen molar-refractivity contribution in [1.29, 1.82) is 0 Å². The monoisotopic (exact) mass is 621 g/mol. The van der Waals surface area contributed by atoms with Crippen molar-refractivity contribution in [3.63, 3.8) is 0 Å². The fraction of sp³-hybridized carbons (Fsp3) is 0.622. The molecule has 0 radical (unpaired) electrons. The molecule has 4 aliphatic heterocycles. The van der Waals surface area contributed by atoms with E-state index >= 15 is 0 Å². The van der Waals surface area contributed by atoms with Crippen molar-refractivity contribution in [3.05, 3.63) is 70.4 Å². The van der Waals surface area contributed by atoms with Crippen LogP contribution in [-0.4, -0.2) is 66.3 Å². The van der Waals surface area contributed by atoms with Crippen molar-refractivity contribution in [1.82, 2.24) is 0 Å². The van der Waals surface area contributed by atoms with Gasteiger partial charge in [0.2, 0.25) is 0 Å². The van der Waals surface area contributed by atoms with Crippen molar-refractivity contribution in [2.24, 2.45) is 22.9 Å². The number of allylic oxidation sites excluding steroid dienone is 7. The second-order valence-corrected chi connectivity index (χ2v) is 14.1. The predicted molar refractivity (Wildman–Crippen MR) is 174 cm³/mol. The van der Waals surface area contributed by atoms with Crippen LogP contribution in [0.3, 0.4) is 0 Å². The van der Waals surface area contributed by atoms with Gasteiger partial charge in [-0.3, -0.25) is 0 Å². The standard InChI is InChI=1S/C37H51NO7/c1-22(2)14-26(6)34-27(7)32(38-41-8)20-36(45-34)19-30-18-29(44-36)13-12-24(4)15-23(3)10-9-11-28-21-42-33-17-25(5)16-31(35(39)43-30)37(28,33)40/h9-12,14,16-17,22-23,27,29-30,33-34,40H,13,15,18-21H2,1-8H3/b10-9?,24-12?,26-14+,28-11?,38-32+/t23-,27-,29+,30-,33+,34+,36-,37+/m0/s1. The number of ether oxygens (including phenoxy) is 4. The molecule has 5 aliphatic rings. The Kier molecular flexibility index (Phi) is 10.1. The molecule has 0 amide bonds. The summed E-state index contributed by atoms with van der Waals surface area (Å²) in [7, 11) is 1.56. The van der Waals surface area contributed by atoms with Gasteiger partial charge in [-0.15, -0.1) is 0 Å². The van der Waals surface area contributed by atoms with E-state index in [-0.39, 0.29) is 36.2 Å². The van der Waals surface area contributed by atoms with E-state index < -0.39 is 29.6 Å². The molecule has 0 saturated carbocycles. The van der Waals surface area contributed by atoms with Crippen LogP contribution >= 0.6 is 0 Å². The number of nitrogens with zero attached hydrogens (tertiary/aromatic N) is 1. The van der Waals surface area contributed by atoms with Gasteiger partial charge in [-0.1, -0.05) is 74.4 Å². The van der Waals surface area contributed by atoms with Gasteiger partial charge in [-0.25, -0.2) is 4.79 Å². The Hall–Kier alpha value is -2.78. The Morgan fingerprint density at radius 2 is 1.98 bits per heavy atom. The number of carbonyl (C=O) groups excluding carboxylic acids is 1. The van der Waals surface area contributed by atoms with E-state index in [4.69, 9.17) is 23.8 Å². The van der Waals surface area contributed by atoms with Gasteiger partial charge < -0.3 is 28.9 Å². The molecule has 2 bridgehead atoms. The summed E-state index contributed by atoms with van der Waals surface area (Å²) in [6.07, 6.45) is 15.1. The van der Waals surface area contributed by atoms with Crippen molar-refractivity contribution >= 4 is 11.7 Å². The van der Waals surface area contributed by atoms with Gasteiger partial charge in [-0.2, -0.15) is 0 Å². The van der Waals surface area contributed by atoms with Crippen LogP contribution in [0.1, 0.15) is 80.6 Å². The van der Waals surface area contributed by atoms with Gasteiger partial charge in [0, 0.05) is 25.2 Å².